The molecule has 5 rings (SSSR count). The Morgan fingerprint density at radius 1 is 1.14 bits per heavy atom. The Balaban J connectivity index is 1.26. The Morgan fingerprint density at radius 2 is 1.92 bits per heavy atom. The number of aromatic nitrogens is 5. The molecule has 188 valence electrons. The first-order chi connectivity index (χ1) is 17.4. The number of nitrogens with zero attached hydrogens (tertiary/aromatic N) is 6. The first-order valence-electron chi connectivity index (χ1n) is 12.3. The molecule has 1 aromatic carbocycles. The number of carbonyl (C=O) groups is 1. The van der Waals surface area contributed by atoms with Crippen molar-refractivity contribution in [3.63, 3.8) is 0 Å². The molecule has 9 nitrogen and oxygen atoms in total. The average Bonchev–Trinajstić information content (AvgIpc) is 3.49. The van der Waals surface area contributed by atoms with Crippen LogP contribution in [0.15, 0.2) is 55.2 Å². The van der Waals surface area contributed by atoms with Crippen molar-refractivity contribution >= 4 is 28.8 Å². The Kier molecular flexibility index (Phi) is 6.93. The lowest BCUT2D eigenvalue weighted by molar-refractivity contribution is -0.126. The second-order valence-corrected chi connectivity index (χ2v) is 9.71. The van der Waals surface area contributed by atoms with E-state index in [1.807, 2.05) is 49.6 Å². The predicted molar refractivity (Wildman–Crippen MR) is 139 cm³/mol. The summed E-state index contributed by atoms with van der Waals surface area (Å²) >= 11 is 6.01. The molecular formula is C26H30ClN7O2. The quantitative estimate of drug-likeness (QED) is 0.358. The highest BCUT2D eigenvalue weighted by Gasteiger charge is 2.35. The fourth-order valence-corrected chi connectivity index (χ4v) is 4.62. The third-order valence-electron chi connectivity index (χ3n) is 6.77. The van der Waals surface area contributed by atoms with E-state index in [2.05, 4.69) is 32.3 Å². The zero-order valence-electron chi connectivity index (χ0n) is 20.4. The van der Waals surface area contributed by atoms with E-state index in [1.165, 1.54) is 6.33 Å². The van der Waals surface area contributed by atoms with Gasteiger partial charge in [-0.15, -0.1) is 0 Å². The van der Waals surface area contributed by atoms with Gasteiger partial charge in [-0.3, -0.25) is 9.48 Å². The summed E-state index contributed by atoms with van der Waals surface area (Å²) in [5, 5.41) is 22.5. The van der Waals surface area contributed by atoms with Crippen molar-refractivity contribution in [2.45, 2.75) is 45.4 Å². The smallest absolute Gasteiger partial charge is 0.227 e. The molecule has 0 saturated carbocycles. The second kappa shape index (κ2) is 10.3. The van der Waals surface area contributed by atoms with E-state index < -0.39 is 6.10 Å². The molecule has 4 aromatic rings. The number of carbonyl (C=O) groups excluding carboxylic acids is 1. The molecule has 2 N–H and O–H groups in total. The fraction of sp³-hybridized carbons (Fsp3) is 0.385. The van der Waals surface area contributed by atoms with Crippen molar-refractivity contribution in [1.29, 1.82) is 0 Å². The molecule has 0 unspecified atom stereocenters. The Labute approximate surface area is 214 Å². The number of aliphatic hydroxyl groups is 1. The predicted octanol–water partition coefficient (Wildman–Crippen LogP) is 3.72. The molecule has 1 saturated heterocycles. The zero-order valence-corrected chi connectivity index (χ0v) is 21.1. The molecule has 10 heteroatoms. The molecule has 36 heavy (non-hydrogen) atoms. The van der Waals surface area contributed by atoms with E-state index in [9.17, 15) is 9.90 Å². The van der Waals surface area contributed by atoms with Gasteiger partial charge in [0.15, 0.2) is 5.82 Å². The number of nitrogens with one attached hydrogen (secondary N) is 1. The second-order valence-electron chi connectivity index (χ2n) is 9.28. The van der Waals surface area contributed by atoms with Gasteiger partial charge in [0, 0.05) is 41.6 Å². The Morgan fingerprint density at radius 3 is 2.64 bits per heavy atom. The third kappa shape index (κ3) is 4.94. The number of hydrogen-bond acceptors (Lipinski definition) is 6. The minimum absolute atomic E-state index is 0.0397. The molecule has 0 spiro atoms. The lowest BCUT2D eigenvalue weighted by Crippen LogP contribution is -2.54. The number of anilines is 1. The van der Waals surface area contributed by atoms with Crippen LogP contribution in [0, 0.1) is 5.92 Å². The first kappa shape index (κ1) is 24.3. The fourth-order valence-electron chi connectivity index (χ4n) is 4.50. The number of fused-ring (bicyclic) bond motifs is 1. The van der Waals surface area contributed by atoms with Gasteiger partial charge >= 0.3 is 0 Å². The molecule has 4 heterocycles. The van der Waals surface area contributed by atoms with Crippen LogP contribution in [0.2, 0.25) is 5.02 Å². The Bertz CT molecular complexity index is 1340. The zero-order chi connectivity index (χ0) is 25.2. The van der Waals surface area contributed by atoms with Crippen LogP contribution in [0.1, 0.15) is 38.3 Å². The normalized spacial score (nSPS) is 15.6. The molecule has 0 aliphatic carbocycles. The van der Waals surface area contributed by atoms with Crippen molar-refractivity contribution in [2.75, 3.05) is 18.0 Å². The highest BCUT2D eigenvalue weighted by Crippen LogP contribution is 2.31. The monoisotopic (exact) mass is 507 g/mol. The van der Waals surface area contributed by atoms with Crippen LogP contribution < -0.4 is 10.2 Å². The summed E-state index contributed by atoms with van der Waals surface area (Å²) in [4.78, 5) is 19.6. The molecule has 1 aliphatic rings. The summed E-state index contributed by atoms with van der Waals surface area (Å²) in [6, 6.07) is 9.61. The van der Waals surface area contributed by atoms with E-state index in [4.69, 9.17) is 11.6 Å². The average molecular weight is 508 g/mol. The largest absolute Gasteiger partial charge is 0.391 e. The Hall–Kier alpha value is -3.43. The standard InChI is InChI=1S/C26H30ClN7O2/c1-3-22(35)15-33-13-19(10-29-33)18-9-24-25(28-16-30-34(24)14-18)32-11-20(12-32)26(36)31-23(4-2)17-5-7-21(27)8-6-17/h5-10,13-14,16,20,22-23,35H,3-4,11-12,15H2,1-2H3,(H,31,36)/t22-,23-/m0/s1. The van der Waals surface area contributed by atoms with Crippen LogP contribution in [0.5, 0.6) is 0 Å². The number of aliphatic hydroxyl groups excluding tert-OH is 1. The van der Waals surface area contributed by atoms with E-state index in [0.717, 1.165) is 34.4 Å². The molecule has 2 atom stereocenters. The maximum Gasteiger partial charge on any atom is 0.227 e. The minimum atomic E-state index is -0.418. The van der Waals surface area contributed by atoms with Crippen molar-refractivity contribution in [3.05, 3.63) is 65.8 Å². The molecule has 0 bridgehead atoms. The molecule has 3 aromatic heterocycles. The lowest BCUT2D eigenvalue weighted by Gasteiger charge is -2.39. The molecule has 1 amide bonds. The summed E-state index contributed by atoms with van der Waals surface area (Å²) < 4.78 is 3.56. The first-order valence-corrected chi connectivity index (χ1v) is 12.7. The van der Waals surface area contributed by atoms with Crippen molar-refractivity contribution in [1.82, 2.24) is 29.7 Å². The topological polar surface area (TPSA) is 101 Å². The summed E-state index contributed by atoms with van der Waals surface area (Å²) in [6.45, 7) is 5.67. The molecule has 1 aliphatic heterocycles. The van der Waals surface area contributed by atoms with Crippen LogP contribution in [-0.4, -0.2) is 54.6 Å². The van der Waals surface area contributed by atoms with E-state index in [0.29, 0.717) is 31.1 Å². The minimum Gasteiger partial charge on any atom is -0.391 e. The van der Waals surface area contributed by atoms with Crippen molar-refractivity contribution < 1.29 is 9.90 Å². The summed E-state index contributed by atoms with van der Waals surface area (Å²) in [5.74, 6) is 0.758. The van der Waals surface area contributed by atoms with Crippen LogP contribution in [0.25, 0.3) is 16.6 Å². The third-order valence-corrected chi connectivity index (χ3v) is 7.02. The SMILES string of the molecule is CC[C@H](O)Cn1cc(-c2cc3c(N4CC(C(=O)N[C@@H](CC)c5ccc(Cl)cc5)C4)ncnn3c2)cn1. The van der Waals surface area contributed by atoms with Gasteiger partial charge in [-0.25, -0.2) is 9.50 Å². The van der Waals surface area contributed by atoms with Crippen molar-refractivity contribution in [3.8, 4) is 11.1 Å². The maximum absolute atomic E-state index is 12.9. The van der Waals surface area contributed by atoms with E-state index in [-0.39, 0.29) is 17.9 Å². The summed E-state index contributed by atoms with van der Waals surface area (Å²) in [7, 11) is 0. The van der Waals surface area contributed by atoms with Crippen molar-refractivity contribution in [2.24, 2.45) is 5.92 Å². The van der Waals surface area contributed by atoms with Crippen LogP contribution in [-0.2, 0) is 11.3 Å². The van der Waals surface area contributed by atoms with Gasteiger partial charge in [0.2, 0.25) is 5.91 Å². The van der Waals surface area contributed by atoms with Gasteiger partial charge < -0.3 is 15.3 Å². The van der Waals surface area contributed by atoms with E-state index >= 15 is 0 Å². The lowest BCUT2D eigenvalue weighted by atomic mass is 9.97. The van der Waals surface area contributed by atoms with Gasteiger partial charge in [-0.05, 0) is 36.6 Å². The van der Waals surface area contributed by atoms with Gasteiger partial charge in [0.05, 0.1) is 30.8 Å². The number of hydrogen-bond donors (Lipinski definition) is 2. The molecular weight excluding hydrogens is 478 g/mol. The van der Waals surface area contributed by atoms with Crippen LogP contribution in [0.4, 0.5) is 5.82 Å². The van der Waals surface area contributed by atoms with Gasteiger partial charge in [0.1, 0.15) is 11.8 Å². The number of rotatable bonds is 9. The highest BCUT2D eigenvalue weighted by molar-refractivity contribution is 6.30. The maximum atomic E-state index is 12.9. The molecule has 1 fully saturated rings. The number of halogens is 1. The summed E-state index contributed by atoms with van der Waals surface area (Å²) in [5.41, 5.74) is 3.85. The number of amides is 1. The van der Waals surface area contributed by atoms with Gasteiger partial charge in [-0.1, -0.05) is 37.6 Å². The number of benzene rings is 1. The molecule has 0 radical (unpaired) electrons. The van der Waals surface area contributed by atoms with Crippen LogP contribution >= 0.6 is 11.6 Å². The van der Waals surface area contributed by atoms with Crippen LogP contribution in [0.3, 0.4) is 0 Å². The highest BCUT2D eigenvalue weighted by atomic mass is 35.5. The van der Waals surface area contributed by atoms with Gasteiger partial charge in [-0.2, -0.15) is 10.2 Å². The van der Waals surface area contributed by atoms with Gasteiger partial charge in [0.25, 0.3) is 0 Å². The summed E-state index contributed by atoms with van der Waals surface area (Å²) in [6.07, 6.45) is 8.26. The van der Waals surface area contributed by atoms with E-state index in [1.54, 1.807) is 15.4 Å².